The molecule has 28 heavy (non-hydrogen) atoms. The van der Waals surface area contributed by atoms with Crippen molar-refractivity contribution in [3.05, 3.63) is 66.7 Å². The molecule has 1 fully saturated rings. The normalized spacial score (nSPS) is 14.5. The van der Waals surface area contributed by atoms with E-state index in [0.717, 1.165) is 39.9 Å². The van der Waals surface area contributed by atoms with Crippen molar-refractivity contribution in [1.82, 2.24) is 0 Å². The standard InChI is InChI=1S/C23H22N2O2S/c1-15(22(26)25-21-8-4-6-16-5-2-3-7-20(16)21)28-19-13-11-18(12-14-19)24-23(27)17-9-10-17/h2-8,11-15,17H,9-10H2,1H3,(H,24,27)(H,25,26). The van der Waals surface area contributed by atoms with Crippen molar-refractivity contribution in [3.8, 4) is 0 Å². The summed E-state index contributed by atoms with van der Waals surface area (Å²) in [5.41, 5.74) is 1.63. The second kappa shape index (κ2) is 8.07. The molecule has 2 amide bonds. The van der Waals surface area contributed by atoms with Crippen LogP contribution in [-0.4, -0.2) is 17.1 Å². The zero-order chi connectivity index (χ0) is 19.5. The predicted octanol–water partition coefficient (Wildman–Crippen LogP) is 5.31. The Morgan fingerprint density at radius 1 is 0.929 bits per heavy atom. The van der Waals surface area contributed by atoms with Gasteiger partial charge in [-0.1, -0.05) is 36.4 Å². The summed E-state index contributed by atoms with van der Waals surface area (Å²) in [4.78, 5) is 25.5. The summed E-state index contributed by atoms with van der Waals surface area (Å²) in [5.74, 6) is 0.252. The molecule has 1 saturated carbocycles. The average Bonchev–Trinajstić information content (AvgIpc) is 3.55. The molecule has 5 heteroatoms. The van der Waals surface area contributed by atoms with Crippen LogP contribution in [0.5, 0.6) is 0 Å². The number of hydrogen-bond donors (Lipinski definition) is 2. The molecule has 2 N–H and O–H groups in total. The lowest BCUT2D eigenvalue weighted by Gasteiger charge is -2.14. The molecule has 0 bridgehead atoms. The minimum atomic E-state index is -0.245. The molecule has 4 nitrogen and oxygen atoms in total. The Morgan fingerprint density at radius 2 is 1.64 bits per heavy atom. The third-order valence-corrected chi connectivity index (χ3v) is 5.91. The predicted molar refractivity (Wildman–Crippen MR) is 116 cm³/mol. The van der Waals surface area contributed by atoms with Gasteiger partial charge in [-0.2, -0.15) is 0 Å². The van der Waals surface area contributed by atoms with Crippen LogP contribution in [0.25, 0.3) is 10.8 Å². The van der Waals surface area contributed by atoms with Crippen molar-refractivity contribution >= 4 is 45.7 Å². The zero-order valence-corrected chi connectivity index (χ0v) is 16.5. The van der Waals surface area contributed by atoms with Gasteiger partial charge in [0.25, 0.3) is 0 Å². The van der Waals surface area contributed by atoms with Gasteiger partial charge in [0, 0.05) is 27.6 Å². The van der Waals surface area contributed by atoms with E-state index in [1.54, 1.807) is 0 Å². The van der Waals surface area contributed by atoms with E-state index in [2.05, 4.69) is 10.6 Å². The van der Waals surface area contributed by atoms with E-state index in [9.17, 15) is 9.59 Å². The van der Waals surface area contributed by atoms with E-state index >= 15 is 0 Å². The highest BCUT2D eigenvalue weighted by molar-refractivity contribution is 8.00. The van der Waals surface area contributed by atoms with Crippen LogP contribution in [-0.2, 0) is 9.59 Å². The number of benzene rings is 3. The highest BCUT2D eigenvalue weighted by atomic mass is 32.2. The maximum Gasteiger partial charge on any atom is 0.237 e. The fourth-order valence-corrected chi connectivity index (χ4v) is 3.90. The van der Waals surface area contributed by atoms with E-state index in [1.807, 2.05) is 73.7 Å². The van der Waals surface area contributed by atoms with E-state index in [-0.39, 0.29) is 23.0 Å². The lowest BCUT2D eigenvalue weighted by molar-refractivity contribution is -0.117. The summed E-state index contributed by atoms with van der Waals surface area (Å²) in [5, 5.41) is 7.86. The first kappa shape index (κ1) is 18.6. The van der Waals surface area contributed by atoms with Crippen LogP contribution in [0.4, 0.5) is 11.4 Å². The Morgan fingerprint density at radius 3 is 2.39 bits per heavy atom. The summed E-state index contributed by atoms with van der Waals surface area (Å²) < 4.78 is 0. The van der Waals surface area contributed by atoms with Crippen molar-refractivity contribution in [3.63, 3.8) is 0 Å². The second-order valence-electron chi connectivity index (χ2n) is 7.06. The van der Waals surface area contributed by atoms with Gasteiger partial charge in [0.1, 0.15) is 0 Å². The molecule has 0 saturated heterocycles. The van der Waals surface area contributed by atoms with Crippen LogP contribution in [0.3, 0.4) is 0 Å². The SMILES string of the molecule is CC(Sc1ccc(NC(=O)C2CC2)cc1)C(=O)Nc1cccc2ccccc12. The zero-order valence-electron chi connectivity index (χ0n) is 15.6. The number of fused-ring (bicyclic) bond motifs is 1. The molecule has 142 valence electrons. The first-order chi connectivity index (χ1) is 13.6. The number of rotatable bonds is 6. The fourth-order valence-electron chi connectivity index (χ4n) is 3.03. The molecule has 4 rings (SSSR count). The van der Waals surface area contributed by atoms with Gasteiger partial charge in [-0.25, -0.2) is 0 Å². The maximum atomic E-state index is 12.7. The molecule has 1 aliphatic rings. The summed E-state index contributed by atoms with van der Waals surface area (Å²) >= 11 is 1.50. The molecule has 0 aliphatic heterocycles. The summed E-state index contributed by atoms with van der Waals surface area (Å²) in [6.45, 7) is 1.90. The maximum absolute atomic E-state index is 12.7. The Labute approximate surface area is 168 Å². The van der Waals surface area contributed by atoms with E-state index < -0.39 is 0 Å². The van der Waals surface area contributed by atoms with Crippen LogP contribution in [0.2, 0.25) is 0 Å². The Kier molecular flexibility index (Phi) is 5.35. The Balaban J connectivity index is 1.38. The van der Waals surface area contributed by atoms with E-state index in [0.29, 0.717) is 0 Å². The van der Waals surface area contributed by atoms with Crippen LogP contribution in [0, 0.1) is 5.92 Å². The van der Waals surface area contributed by atoms with E-state index in [4.69, 9.17) is 0 Å². The van der Waals surface area contributed by atoms with Gasteiger partial charge < -0.3 is 10.6 Å². The van der Waals surface area contributed by atoms with Gasteiger partial charge in [0.05, 0.1) is 5.25 Å². The highest BCUT2D eigenvalue weighted by Gasteiger charge is 2.29. The first-order valence-electron chi connectivity index (χ1n) is 9.46. The molecule has 1 unspecified atom stereocenters. The fraction of sp³-hybridized carbons (Fsp3) is 0.217. The van der Waals surface area contributed by atoms with Crippen molar-refractivity contribution in [2.75, 3.05) is 10.6 Å². The van der Waals surface area contributed by atoms with Crippen LogP contribution >= 0.6 is 11.8 Å². The van der Waals surface area contributed by atoms with Gasteiger partial charge in [-0.05, 0) is 55.5 Å². The molecule has 0 aromatic heterocycles. The molecule has 1 aliphatic carbocycles. The van der Waals surface area contributed by atoms with Gasteiger partial charge >= 0.3 is 0 Å². The van der Waals surface area contributed by atoms with Crippen molar-refractivity contribution in [2.24, 2.45) is 5.92 Å². The van der Waals surface area contributed by atoms with Crippen LogP contribution in [0.15, 0.2) is 71.6 Å². The van der Waals surface area contributed by atoms with Crippen molar-refractivity contribution in [1.29, 1.82) is 0 Å². The first-order valence-corrected chi connectivity index (χ1v) is 10.3. The van der Waals surface area contributed by atoms with Gasteiger partial charge in [-0.3, -0.25) is 9.59 Å². The smallest absolute Gasteiger partial charge is 0.237 e. The number of carbonyl (C=O) groups is 2. The number of thioether (sulfide) groups is 1. The van der Waals surface area contributed by atoms with Crippen LogP contribution in [0.1, 0.15) is 19.8 Å². The third kappa shape index (κ3) is 4.37. The summed E-state index contributed by atoms with van der Waals surface area (Å²) in [6.07, 6.45) is 1.98. The molecule has 3 aromatic rings. The number of carbonyl (C=O) groups excluding carboxylic acids is 2. The quantitative estimate of drug-likeness (QED) is 0.561. The molecular weight excluding hydrogens is 368 g/mol. The Bertz CT molecular complexity index is 1010. The molecule has 3 aromatic carbocycles. The van der Waals surface area contributed by atoms with E-state index in [1.165, 1.54) is 11.8 Å². The number of amides is 2. The number of nitrogens with one attached hydrogen (secondary N) is 2. The summed E-state index contributed by atoms with van der Waals surface area (Å²) in [7, 11) is 0. The van der Waals surface area contributed by atoms with Gasteiger partial charge in [0.2, 0.25) is 11.8 Å². The monoisotopic (exact) mass is 390 g/mol. The summed E-state index contributed by atoms with van der Waals surface area (Å²) in [6, 6.07) is 21.6. The third-order valence-electron chi connectivity index (χ3n) is 4.80. The molecule has 1 atom stereocenters. The lowest BCUT2D eigenvalue weighted by atomic mass is 10.1. The average molecular weight is 391 g/mol. The largest absolute Gasteiger partial charge is 0.326 e. The second-order valence-corrected chi connectivity index (χ2v) is 8.48. The highest BCUT2D eigenvalue weighted by Crippen LogP contribution is 2.31. The molecule has 0 radical (unpaired) electrons. The Hall–Kier alpha value is -2.79. The number of hydrogen-bond acceptors (Lipinski definition) is 3. The van der Waals surface area contributed by atoms with Crippen molar-refractivity contribution < 1.29 is 9.59 Å². The number of anilines is 2. The lowest BCUT2D eigenvalue weighted by Crippen LogP contribution is -2.22. The minimum Gasteiger partial charge on any atom is -0.326 e. The molecule has 0 heterocycles. The molecule has 0 spiro atoms. The van der Waals surface area contributed by atoms with Crippen LogP contribution < -0.4 is 10.6 Å². The topological polar surface area (TPSA) is 58.2 Å². The van der Waals surface area contributed by atoms with Gasteiger partial charge in [-0.15, -0.1) is 11.8 Å². The minimum absolute atomic E-state index is 0.0348. The molecular formula is C23H22N2O2S. The van der Waals surface area contributed by atoms with Crippen molar-refractivity contribution in [2.45, 2.75) is 29.9 Å². The van der Waals surface area contributed by atoms with Gasteiger partial charge in [0.15, 0.2) is 0 Å².